The van der Waals surface area contributed by atoms with Crippen LogP contribution >= 0.6 is 28.7 Å². The lowest BCUT2D eigenvalue weighted by Gasteiger charge is -2.13. The molecular formula is C10H12BrF3N2S. The molecule has 7 heteroatoms. The Hall–Kier alpha value is -0.690. The molecule has 0 saturated heterocycles. The average Bonchev–Trinajstić information content (AvgIpc) is 2.14. The van der Waals surface area contributed by atoms with E-state index >= 15 is 0 Å². The number of hydrogen-bond acceptors (Lipinski definition) is 2. The molecule has 0 saturated carbocycles. The standard InChI is InChI=1S/C10H11F3N2S.BrH/c1-6-2-3-7(5-16-9(14)15)8(4-6)10(11,12)13;/h2-4H,5H2,1H3,(H3,14,15);1H. The Labute approximate surface area is 112 Å². The van der Waals surface area contributed by atoms with E-state index < -0.39 is 11.7 Å². The van der Waals surface area contributed by atoms with Crippen LogP contribution in [0, 0.1) is 12.3 Å². The second kappa shape index (κ2) is 6.30. The molecule has 0 aliphatic rings. The summed E-state index contributed by atoms with van der Waals surface area (Å²) in [4.78, 5) is 0. The Bertz CT molecular complexity index is 407. The van der Waals surface area contributed by atoms with Gasteiger partial charge in [-0.1, -0.05) is 29.5 Å². The summed E-state index contributed by atoms with van der Waals surface area (Å²) in [7, 11) is 0. The van der Waals surface area contributed by atoms with E-state index in [0.29, 0.717) is 5.56 Å². The summed E-state index contributed by atoms with van der Waals surface area (Å²) in [5.41, 5.74) is 5.15. The molecule has 0 fully saturated rings. The Morgan fingerprint density at radius 1 is 1.41 bits per heavy atom. The van der Waals surface area contributed by atoms with E-state index in [-0.39, 0.29) is 33.5 Å². The molecule has 0 amide bonds. The summed E-state index contributed by atoms with van der Waals surface area (Å²) in [6.07, 6.45) is -4.36. The van der Waals surface area contributed by atoms with Crippen LogP contribution in [0.1, 0.15) is 16.7 Å². The minimum absolute atomic E-state index is 0. The van der Waals surface area contributed by atoms with E-state index in [9.17, 15) is 13.2 Å². The molecule has 0 radical (unpaired) electrons. The van der Waals surface area contributed by atoms with Crippen molar-refractivity contribution in [3.05, 3.63) is 34.9 Å². The molecule has 0 aliphatic carbocycles. The number of aryl methyl sites for hydroxylation is 1. The Balaban J connectivity index is 0.00000256. The van der Waals surface area contributed by atoms with Crippen LogP contribution in [0.25, 0.3) is 0 Å². The smallest absolute Gasteiger partial charge is 0.379 e. The molecule has 96 valence electrons. The van der Waals surface area contributed by atoms with Crippen LogP contribution in [0.15, 0.2) is 18.2 Å². The number of hydrogen-bond donors (Lipinski definition) is 2. The summed E-state index contributed by atoms with van der Waals surface area (Å²) in [6, 6.07) is 4.15. The van der Waals surface area contributed by atoms with E-state index in [0.717, 1.165) is 17.8 Å². The van der Waals surface area contributed by atoms with Crippen molar-refractivity contribution in [1.82, 2.24) is 0 Å². The van der Waals surface area contributed by atoms with Crippen molar-refractivity contribution < 1.29 is 13.2 Å². The number of nitrogens with two attached hydrogens (primary N) is 1. The highest BCUT2D eigenvalue weighted by atomic mass is 79.9. The fourth-order valence-electron chi connectivity index (χ4n) is 1.24. The number of rotatable bonds is 2. The molecule has 0 spiro atoms. The second-order valence-electron chi connectivity index (χ2n) is 3.31. The van der Waals surface area contributed by atoms with Crippen molar-refractivity contribution in [2.45, 2.75) is 18.9 Å². The first kappa shape index (κ1) is 16.3. The van der Waals surface area contributed by atoms with Crippen LogP contribution in [0.2, 0.25) is 0 Å². The van der Waals surface area contributed by atoms with Crippen molar-refractivity contribution in [3.63, 3.8) is 0 Å². The van der Waals surface area contributed by atoms with Crippen LogP contribution in [0.3, 0.4) is 0 Å². The third-order valence-corrected chi connectivity index (χ3v) is 2.72. The number of halogens is 4. The van der Waals surface area contributed by atoms with Crippen LogP contribution in [-0.2, 0) is 11.9 Å². The molecule has 0 bridgehead atoms. The Morgan fingerprint density at radius 2 is 2.00 bits per heavy atom. The van der Waals surface area contributed by atoms with Gasteiger partial charge < -0.3 is 5.73 Å². The maximum atomic E-state index is 12.7. The number of benzene rings is 1. The van der Waals surface area contributed by atoms with Gasteiger partial charge in [0.05, 0.1) is 5.56 Å². The second-order valence-corrected chi connectivity index (χ2v) is 4.33. The summed E-state index contributed by atoms with van der Waals surface area (Å²) < 4.78 is 38.0. The largest absolute Gasteiger partial charge is 0.416 e. The van der Waals surface area contributed by atoms with E-state index in [1.54, 1.807) is 13.0 Å². The topological polar surface area (TPSA) is 49.9 Å². The van der Waals surface area contributed by atoms with Gasteiger partial charge in [0.25, 0.3) is 0 Å². The van der Waals surface area contributed by atoms with Crippen molar-refractivity contribution in [2.75, 3.05) is 0 Å². The lowest BCUT2D eigenvalue weighted by molar-refractivity contribution is -0.138. The van der Waals surface area contributed by atoms with Crippen molar-refractivity contribution in [3.8, 4) is 0 Å². The monoisotopic (exact) mass is 328 g/mol. The van der Waals surface area contributed by atoms with Gasteiger partial charge in [-0.15, -0.1) is 17.0 Å². The molecule has 0 unspecified atom stereocenters. The molecule has 17 heavy (non-hydrogen) atoms. The predicted molar refractivity (Wildman–Crippen MR) is 69.7 cm³/mol. The molecule has 0 aromatic heterocycles. The summed E-state index contributed by atoms with van der Waals surface area (Å²) in [6.45, 7) is 1.61. The summed E-state index contributed by atoms with van der Waals surface area (Å²) in [5, 5.41) is 6.79. The zero-order chi connectivity index (χ0) is 12.3. The number of alkyl halides is 3. The quantitative estimate of drug-likeness (QED) is 0.642. The fourth-order valence-corrected chi connectivity index (χ4v) is 1.80. The van der Waals surface area contributed by atoms with Gasteiger partial charge in [0, 0.05) is 5.75 Å². The Kier molecular flexibility index (Phi) is 6.04. The van der Waals surface area contributed by atoms with Crippen molar-refractivity contribution in [2.24, 2.45) is 5.73 Å². The maximum absolute atomic E-state index is 12.7. The zero-order valence-electron chi connectivity index (χ0n) is 8.97. The molecule has 1 aromatic rings. The van der Waals surface area contributed by atoms with Crippen molar-refractivity contribution in [1.29, 1.82) is 5.41 Å². The summed E-state index contributed by atoms with van der Waals surface area (Å²) in [5.74, 6) is 0.0600. The lowest BCUT2D eigenvalue weighted by Crippen LogP contribution is -2.10. The van der Waals surface area contributed by atoms with Gasteiger partial charge in [0.1, 0.15) is 0 Å². The molecule has 1 aromatic carbocycles. The molecule has 1 rings (SSSR count). The maximum Gasteiger partial charge on any atom is 0.416 e. The first-order valence-corrected chi connectivity index (χ1v) is 5.43. The van der Waals surface area contributed by atoms with Gasteiger partial charge in [0.15, 0.2) is 5.17 Å². The molecule has 0 atom stereocenters. The highest BCUT2D eigenvalue weighted by Gasteiger charge is 2.33. The van der Waals surface area contributed by atoms with Gasteiger partial charge in [-0.2, -0.15) is 13.2 Å². The van der Waals surface area contributed by atoms with Crippen LogP contribution in [0.4, 0.5) is 13.2 Å². The van der Waals surface area contributed by atoms with Gasteiger partial charge in [-0.05, 0) is 18.6 Å². The van der Waals surface area contributed by atoms with Crippen LogP contribution < -0.4 is 5.73 Å². The highest BCUT2D eigenvalue weighted by molar-refractivity contribution is 8.93. The van der Waals surface area contributed by atoms with E-state index in [1.807, 2.05) is 0 Å². The first-order valence-electron chi connectivity index (χ1n) is 4.44. The number of thioether (sulfide) groups is 1. The third-order valence-electron chi connectivity index (χ3n) is 1.95. The van der Waals surface area contributed by atoms with Crippen molar-refractivity contribution >= 4 is 33.9 Å². The summed E-state index contributed by atoms with van der Waals surface area (Å²) >= 11 is 0.882. The normalized spacial score (nSPS) is 10.8. The minimum Gasteiger partial charge on any atom is -0.379 e. The van der Waals surface area contributed by atoms with Gasteiger partial charge >= 0.3 is 6.18 Å². The number of amidine groups is 1. The molecule has 2 nitrogen and oxygen atoms in total. The minimum atomic E-state index is -4.36. The Morgan fingerprint density at radius 3 is 2.47 bits per heavy atom. The first-order chi connectivity index (χ1) is 7.30. The molecule has 0 aliphatic heterocycles. The lowest BCUT2D eigenvalue weighted by atomic mass is 10.1. The van der Waals surface area contributed by atoms with E-state index in [2.05, 4.69) is 0 Å². The number of nitrogens with one attached hydrogen (secondary N) is 1. The van der Waals surface area contributed by atoms with Gasteiger partial charge in [-0.3, -0.25) is 5.41 Å². The fraction of sp³-hybridized carbons (Fsp3) is 0.300. The van der Waals surface area contributed by atoms with E-state index in [4.69, 9.17) is 11.1 Å². The van der Waals surface area contributed by atoms with Gasteiger partial charge in [-0.25, -0.2) is 0 Å². The highest BCUT2D eigenvalue weighted by Crippen LogP contribution is 2.34. The zero-order valence-corrected chi connectivity index (χ0v) is 11.5. The predicted octanol–water partition coefficient (Wildman–Crippen LogP) is 3.72. The van der Waals surface area contributed by atoms with Gasteiger partial charge in [0.2, 0.25) is 0 Å². The van der Waals surface area contributed by atoms with E-state index in [1.165, 1.54) is 6.07 Å². The molecule has 0 heterocycles. The third kappa shape index (κ3) is 4.99. The SMILES string of the molecule is Br.Cc1ccc(CSC(=N)N)c(C(F)(F)F)c1. The molecule has 3 N–H and O–H groups in total. The van der Waals surface area contributed by atoms with Crippen LogP contribution in [0.5, 0.6) is 0 Å². The van der Waals surface area contributed by atoms with Crippen LogP contribution in [-0.4, -0.2) is 5.17 Å². The average molecular weight is 329 g/mol. The molecular weight excluding hydrogens is 317 g/mol.